The van der Waals surface area contributed by atoms with E-state index in [-0.39, 0.29) is 23.7 Å². The highest BCUT2D eigenvalue weighted by Gasteiger charge is 2.21. The van der Waals surface area contributed by atoms with Crippen LogP contribution in [0.2, 0.25) is 5.02 Å². The Morgan fingerprint density at radius 1 is 1.56 bits per heavy atom. The fourth-order valence-corrected chi connectivity index (χ4v) is 1.53. The molecule has 16 heavy (non-hydrogen) atoms. The van der Waals surface area contributed by atoms with Gasteiger partial charge in [-0.25, -0.2) is 0 Å². The summed E-state index contributed by atoms with van der Waals surface area (Å²) in [6, 6.07) is 2.02. The van der Waals surface area contributed by atoms with Gasteiger partial charge in [0.15, 0.2) is 0 Å². The van der Waals surface area contributed by atoms with E-state index in [0.717, 1.165) is 0 Å². The van der Waals surface area contributed by atoms with Crippen molar-refractivity contribution in [3.63, 3.8) is 0 Å². The maximum absolute atomic E-state index is 11.2. The Hall–Kier alpha value is -0.970. The van der Waals surface area contributed by atoms with Gasteiger partial charge in [-0.3, -0.25) is 4.79 Å². The number of ether oxygens (including phenoxy) is 1. The Balaban J connectivity index is 0.00000225. The molecule has 0 aliphatic rings. The van der Waals surface area contributed by atoms with E-state index in [4.69, 9.17) is 17.3 Å². The van der Waals surface area contributed by atoms with E-state index in [9.17, 15) is 9.90 Å². The first kappa shape index (κ1) is 15.0. The summed E-state index contributed by atoms with van der Waals surface area (Å²) in [5.41, 5.74) is 6.43. The van der Waals surface area contributed by atoms with Crippen LogP contribution in [0.1, 0.15) is 17.2 Å². The van der Waals surface area contributed by atoms with Gasteiger partial charge in [-0.15, -0.1) is 12.4 Å². The number of hydrogen-bond donors (Lipinski definition) is 2. The lowest BCUT2D eigenvalue weighted by molar-refractivity contribution is -0.142. The number of aromatic hydroxyl groups is 1. The summed E-state index contributed by atoms with van der Waals surface area (Å²) in [5.74, 6) is -0.649. The highest BCUT2D eigenvalue weighted by atomic mass is 35.5. The molecule has 6 heteroatoms. The predicted octanol–water partition coefficient (Wildman–Crippen LogP) is 1.95. The number of esters is 1. The SMILES string of the molecule is COC(=O)[C@@H](N)c1cc(Cl)cc(C)c1O.Cl. The Morgan fingerprint density at radius 2 is 2.12 bits per heavy atom. The third kappa shape index (κ3) is 3.01. The molecule has 0 fully saturated rings. The molecule has 1 aromatic rings. The zero-order valence-electron chi connectivity index (χ0n) is 8.86. The van der Waals surface area contributed by atoms with Crippen LogP contribution in [0, 0.1) is 6.92 Å². The minimum atomic E-state index is -1.02. The number of phenols is 1. The number of carbonyl (C=O) groups is 1. The number of benzene rings is 1. The number of rotatable bonds is 2. The Bertz CT molecular complexity index is 396. The maximum Gasteiger partial charge on any atom is 0.327 e. The molecule has 0 aromatic heterocycles. The molecule has 0 aliphatic carbocycles. The minimum Gasteiger partial charge on any atom is -0.507 e. The number of phenolic OH excluding ortho intramolecular Hbond substituents is 1. The standard InChI is InChI=1S/C10H12ClNO3.ClH/c1-5-3-6(11)4-7(9(5)13)8(12)10(14)15-2;/h3-4,8,13H,12H2,1-2H3;1H/t8-;/m0./s1. The van der Waals surface area contributed by atoms with E-state index in [1.165, 1.54) is 13.2 Å². The molecule has 0 amide bonds. The summed E-state index contributed by atoms with van der Waals surface area (Å²) < 4.78 is 4.48. The third-order valence-electron chi connectivity index (χ3n) is 2.08. The minimum absolute atomic E-state index is 0. The van der Waals surface area contributed by atoms with Gasteiger partial charge in [0.25, 0.3) is 0 Å². The molecule has 90 valence electrons. The van der Waals surface area contributed by atoms with Gasteiger partial charge in [0.05, 0.1) is 7.11 Å². The molecule has 1 aromatic carbocycles. The van der Waals surface area contributed by atoms with Crippen molar-refractivity contribution in [3.8, 4) is 5.75 Å². The van der Waals surface area contributed by atoms with Crippen molar-refractivity contribution in [1.82, 2.24) is 0 Å². The quantitative estimate of drug-likeness (QED) is 0.802. The first-order chi connectivity index (χ1) is 6.97. The summed E-state index contributed by atoms with van der Waals surface area (Å²) in [6.45, 7) is 1.68. The van der Waals surface area contributed by atoms with Crippen LogP contribution in [0.5, 0.6) is 5.75 Å². The molecule has 0 spiro atoms. The molecule has 1 atom stereocenters. The Labute approximate surface area is 105 Å². The van der Waals surface area contributed by atoms with E-state index >= 15 is 0 Å². The summed E-state index contributed by atoms with van der Waals surface area (Å²) in [6.07, 6.45) is 0. The monoisotopic (exact) mass is 265 g/mol. The number of hydrogen-bond acceptors (Lipinski definition) is 4. The van der Waals surface area contributed by atoms with Crippen LogP contribution < -0.4 is 5.73 Å². The van der Waals surface area contributed by atoms with E-state index in [0.29, 0.717) is 10.6 Å². The summed E-state index contributed by atoms with van der Waals surface area (Å²) in [7, 11) is 1.23. The molecule has 0 saturated carbocycles. The molecule has 0 saturated heterocycles. The second kappa shape index (κ2) is 5.94. The molecule has 4 nitrogen and oxygen atoms in total. The molecule has 0 bridgehead atoms. The lowest BCUT2D eigenvalue weighted by atomic mass is 10.0. The van der Waals surface area contributed by atoms with Gasteiger partial charge in [0.2, 0.25) is 0 Å². The first-order valence-electron chi connectivity index (χ1n) is 4.29. The van der Waals surface area contributed by atoms with E-state index in [1.807, 2.05) is 0 Å². The van der Waals surface area contributed by atoms with E-state index < -0.39 is 12.0 Å². The van der Waals surface area contributed by atoms with Gasteiger partial charge in [0.1, 0.15) is 11.8 Å². The van der Waals surface area contributed by atoms with Crippen molar-refractivity contribution >= 4 is 30.0 Å². The molecular formula is C10H13Cl2NO3. The molecule has 0 aliphatic heterocycles. The summed E-state index contributed by atoms with van der Waals surface area (Å²) in [5, 5.41) is 10.1. The van der Waals surface area contributed by atoms with Gasteiger partial charge >= 0.3 is 5.97 Å². The fraction of sp³-hybridized carbons (Fsp3) is 0.300. The average Bonchev–Trinajstić information content (AvgIpc) is 2.21. The zero-order chi connectivity index (χ0) is 11.6. The number of nitrogens with two attached hydrogens (primary N) is 1. The second-order valence-corrected chi connectivity index (χ2v) is 3.60. The van der Waals surface area contributed by atoms with Crippen LogP contribution in [0.4, 0.5) is 0 Å². The number of methoxy groups -OCH3 is 1. The summed E-state index contributed by atoms with van der Waals surface area (Å²) >= 11 is 5.80. The van der Waals surface area contributed by atoms with Crippen molar-refractivity contribution in [1.29, 1.82) is 0 Å². The second-order valence-electron chi connectivity index (χ2n) is 3.16. The highest BCUT2D eigenvalue weighted by Crippen LogP contribution is 2.30. The number of aryl methyl sites for hydroxylation is 1. The smallest absolute Gasteiger partial charge is 0.327 e. The number of halogens is 2. The lowest BCUT2D eigenvalue weighted by Crippen LogP contribution is -2.22. The number of carbonyl (C=O) groups excluding carboxylic acids is 1. The summed E-state index contributed by atoms with van der Waals surface area (Å²) in [4.78, 5) is 11.2. The maximum atomic E-state index is 11.2. The van der Waals surface area contributed by atoms with Gasteiger partial charge in [0, 0.05) is 10.6 Å². The zero-order valence-corrected chi connectivity index (χ0v) is 10.4. The van der Waals surface area contributed by atoms with Crippen molar-refractivity contribution in [2.75, 3.05) is 7.11 Å². The van der Waals surface area contributed by atoms with Crippen LogP contribution in [-0.4, -0.2) is 18.2 Å². The normalized spacial score (nSPS) is 11.5. The highest BCUT2D eigenvalue weighted by molar-refractivity contribution is 6.30. The van der Waals surface area contributed by atoms with E-state index in [2.05, 4.69) is 4.74 Å². The molecule has 1 rings (SSSR count). The molecule has 0 unspecified atom stereocenters. The molecular weight excluding hydrogens is 253 g/mol. The van der Waals surface area contributed by atoms with Crippen LogP contribution in [0.3, 0.4) is 0 Å². The third-order valence-corrected chi connectivity index (χ3v) is 2.30. The van der Waals surface area contributed by atoms with Gasteiger partial charge in [-0.2, -0.15) is 0 Å². The fourth-order valence-electron chi connectivity index (χ4n) is 1.25. The van der Waals surface area contributed by atoms with Crippen molar-refractivity contribution in [3.05, 3.63) is 28.3 Å². The largest absolute Gasteiger partial charge is 0.507 e. The lowest BCUT2D eigenvalue weighted by Gasteiger charge is -2.13. The van der Waals surface area contributed by atoms with Crippen LogP contribution >= 0.6 is 24.0 Å². The molecule has 0 heterocycles. The van der Waals surface area contributed by atoms with Gasteiger partial charge < -0.3 is 15.6 Å². The molecule has 3 N–H and O–H groups in total. The van der Waals surface area contributed by atoms with Crippen molar-refractivity contribution in [2.45, 2.75) is 13.0 Å². The molecule has 0 radical (unpaired) electrons. The predicted molar refractivity (Wildman–Crippen MR) is 64.0 cm³/mol. The van der Waals surface area contributed by atoms with Crippen molar-refractivity contribution in [2.24, 2.45) is 5.73 Å². The van der Waals surface area contributed by atoms with Crippen molar-refractivity contribution < 1.29 is 14.6 Å². The Morgan fingerprint density at radius 3 is 2.62 bits per heavy atom. The van der Waals surface area contributed by atoms with Crippen LogP contribution in [0.25, 0.3) is 0 Å². The Kier molecular flexibility index (Phi) is 5.58. The van der Waals surface area contributed by atoms with Crippen LogP contribution in [-0.2, 0) is 9.53 Å². The van der Waals surface area contributed by atoms with Crippen LogP contribution in [0.15, 0.2) is 12.1 Å². The first-order valence-corrected chi connectivity index (χ1v) is 4.67. The van der Waals surface area contributed by atoms with Gasteiger partial charge in [-0.05, 0) is 24.6 Å². The van der Waals surface area contributed by atoms with E-state index in [1.54, 1.807) is 13.0 Å². The topological polar surface area (TPSA) is 72.5 Å². The average molecular weight is 266 g/mol. The van der Waals surface area contributed by atoms with Gasteiger partial charge in [-0.1, -0.05) is 11.6 Å².